The van der Waals surface area contributed by atoms with Gasteiger partial charge in [0.2, 0.25) is 5.91 Å². The van der Waals surface area contributed by atoms with E-state index in [-0.39, 0.29) is 39.6 Å². The Morgan fingerprint density at radius 3 is 1.94 bits per heavy atom. The minimum absolute atomic E-state index is 0.0616. The first-order valence-corrected chi connectivity index (χ1v) is 24.3. The Morgan fingerprint density at radius 2 is 1.35 bits per heavy atom. The summed E-state index contributed by atoms with van der Waals surface area (Å²) in [6, 6.07) is 17.4. The second-order valence-electron chi connectivity index (χ2n) is 19.6. The molecule has 63 heavy (non-hydrogen) atoms. The summed E-state index contributed by atoms with van der Waals surface area (Å²) in [5.74, 6) is -0.405. The van der Waals surface area contributed by atoms with E-state index in [1.165, 1.54) is 68.9 Å². The number of carbonyl (C=O) groups is 3. The van der Waals surface area contributed by atoms with Gasteiger partial charge in [0.05, 0.1) is 23.0 Å². The summed E-state index contributed by atoms with van der Waals surface area (Å²) in [6.07, 6.45) is 15.8. The van der Waals surface area contributed by atoms with Crippen LogP contribution in [0.5, 0.6) is 5.75 Å². The summed E-state index contributed by atoms with van der Waals surface area (Å²) < 4.78 is 6.29. The Balaban J connectivity index is 1.66. The molecular formula is C54H81ClN4O4. The average Bonchev–Trinajstić information content (AvgIpc) is 3.24. The van der Waals surface area contributed by atoms with E-state index in [1.807, 2.05) is 19.1 Å². The van der Waals surface area contributed by atoms with Crippen LogP contribution in [0.15, 0.2) is 59.6 Å². The molecule has 2 amide bonds. The Kier molecular flexibility index (Phi) is 21.4. The number of nitrogens with one attached hydrogen (secondary N) is 2. The highest BCUT2D eigenvalue weighted by Crippen LogP contribution is 2.39. The predicted molar refractivity (Wildman–Crippen MR) is 269 cm³/mol. The molecule has 0 fully saturated rings. The second kappa shape index (κ2) is 25.4. The molecule has 0 aliphatic carbocycles. The number of carbonyl (C=O) groups excluding carboxylic acids is 3. The first-order valence-electron chi connectivity index (χ1n) is 24.0. The Morgan fingerprint density at radius 1 is 0.714 bits per heavy atom. The summed E-state index contributed by atoms with van der Waals surface area (Å²) in [5, 5.41) is 6.00. The molecule has 8 nitrogen and oxygen atoms in total. The van der Waals surface area contributed by atoms with Gasteiger partial charge in [0.1, 0.15) is 5.75 Å². The zero-order valence-electron chi connectivity index (χ0n) is 41.1. The SMILES string of the molecule is CCCCCCCCCCCCN(CC)c1ccc(N=C(C(=O)Nc2cc(NC(=O)CCCOc3ccc(C(C)(C)CC)cc3C(C)(C)CC)ccc2Cl)C(=O)C(C)(C)C)c(C)c1. The van der Waals surface area contributed by atoms with Crippen LogP contribution < -0.4 is 20.3 Å². The summed E-state index contributed by atoms with van der Waals surface area (Å²) in [6.45, 7) is 27.4. The molecule has 0 atom stereocenters. The van der Waals surface area contributed by atoms with E-state index < -0.39 is 17.1 Å². The number of amides is 2. The number of unbranched alkanes of at least 4 members (excludes halogenated alkanes) is 9. The Labute approximate surface area is 386 Å². The minimum atomic E-state index is -0.870. The van der Waals surface area contributed by atoms with Gasteiger partial charge in [-0.05, 0) is 104 Å². The normalized spacial score (nSPS) is 12.3. The zero-order valence-corrected chi connectivity index (χ0v) is 41.9. The van der Waals surface area contributed by atoms with Crippen LogP contribution >= 0.6 is 11.6 Å². The van der Waals surface area contributed by atoms with E-state index in [1.54, 1.807) is 39.0 Å². The van der Waals surface area contributed by atoms with E-state index in [0.29, 0.717) is 24.4 Å². The monoisotopic (exact) mass is 885 g/mol. The number of nitrogens with zero attached hydrogens (tertiary/aromatic N) is 2. The molecule has 3 aromatic rings. The highest BCUT2D eigenvalue weighted by atomic mass is 35.5. The third-order valence-electron chi connectivity index (χ3n) is 12.6. The maximum absolute atomic E-state index is 13.9. The van der Waals surface area contributed by atoms with Crippen molar-refractivity contribution in [1.29, 1.82) is 0 Å². The quantitative estimate of drug-likeness (QED) is 0.0451. The molecule has 0 spiro atoms. The van der Waals surface area contributed by atoms with Crippen LogP contribution in [0.25, 0.3) is 0 Å². The molecule has 0 bridgehead atoms. The smallest absolute Gasteiger partial charge is 0.278 e. The fraction of sp³-hybridized carbons (Fsp3) is 0.593. The molecule has 0 aliphatic rings. The molecule has 0 radical (unpaired) electrons. The number of rotatable bonds is 27. The number of ketones is 1. The molecular weight excluding hydrogens is 804 g/mol. The predicted octanol–water partition coefficient (Wildman–Crippen LogP) is 14.9. The third kappa shape index (κ3) is 16.7. The lowest BCUT2D eigenvalue weighted by atomic mass is 9.76. The summed E-state index contributed by atoms with van der Waals surface area (Å²) in [7, 11) is 0. The van der Waals surface area contributed by atoms with Gasteiger partial charge in [-0.15, -0.1) is 0 Å². The third-order valence-corrected chi connectivity index (χ3v) is 12.9. The molecule has 0 heterocycles. The van der Waals surface area contributed by atoms with Crippen LogP contribution in [0.3, 0.4) is 0 Å². The van der Waals surface area contributed by atoms with Crippen molar-refractivity contribution in [3.63, 3.8) is 0 Å². The van der Waals surface area contributed by atoms with Gasteiger partial charge in [-0.25, -0.2) is 4.99 Å². The van der Waals surface area contributed by atoms with Gasteiger partial charge in [-0.1, -0.05) is 151 Å². The summed E-state index contributed by atoms with van der Waals surface area (Å²) >= 11 is 6.57. The number of hydrogen-bond donors (Lipinski definition) is 2. The zero-order chi connectivity index (χ0) is 46.8. The van der Waals surface area contributed by atoms with Crippen LogP contribution in [0, 0.1) is 12.3 Å². The molecule has 3 aromatic carbocycles. The van der Waals surface area contributed by atoms with E-state index in [9.17, 15) is 14.4 Å². The van der Waals surface area contributed by atoms with Gasteiger partial charge >= 0.3 is 0 Å². The molecule has 348 valence electrons. The summed E-state index contributed by atoms with van der Waals surface area (Å²) in [5.41, 5.74) is 4.64. The number of benzene rings is 3. The van der Waals surface area contributed by atoms with Crippen molar-refractivity contribution in [1.82, 2.24) is 0 Å². The topological polar surface area (TPSA) is 100 Å². The molecule has 0 aliphatic heterocycles. The lowest BCUT2D eigenvalue weighted by Gasteiger charge is -2.30. The lowest BCUT2D eigenvalue weighted by Crippen LogP contribution is -2.37. The number of aryl methyl sites for hydroxylation is 1. The fourth-order valence-corrected chi connectivity index (χ4v) is 7.59. The van der Waals surface area contributed by atoms with Gasteiger partial charge in [-0.2, -0.15) is 0 Å². The second-order valence-corrected chi connectivity index (χ2v) is 20.0. The van der Waals surface area contributed by atoms with Gasteiger partial charge in [0.25, 0.3) is 5.91 Å². The molecule has 9 heteroatoms. The number of halogens is 1. The van der Waals surface area contributed by atoms with Crippen LogP contribution in [-0.4, -0.2) is 43.0 Å². The van der Waals surface area contributed by atoms with Crippen molar-refractivity contribution < 1.29 is 19.1 Å². The van der Waals surface area contributed by atoms with Crippen LogP contribution in [0.1, 0.15) is 183 Å². The fourth-order valence-electron chi connectivity index (χ4n) is 7.42. The van der Waals surface area contributed by atoms with E-state index in [2.05, 4.69) is 95.2 Å². The van der Waals surface area contributed by atoms with Gasteiger partial charge in [0, 0.05) is 41.9 Å². The van der Waals surface area contributed by atoms with Crippen LogP contribution in [-0.2, 0) is 25.2 Å². The number of Topliss-reactive ketones (excluding diaryl/α,β-unsaturated/α-hetero) is 1. The molecule has 0 unspecified atom stereocenters. The molecule has 0 aromatic heterocycles. The number of anilines is 3. The highest BCUT2D eigenvalue weighted by Gasteiger charge is 2.32. The number of hydrogen-bond acceptors (Lipinski definition) is 6. The van der Waals surface area contributed by atoms with Crippen molar-refractivity contribution in [2.75, 3.05) is 35.2 Å². The van der Waals surface area contributed by atoms with Crippen molar-refractivity contribution in [3.05, 3.63) is 76.3 Å². The van der Waals surface area contributed by atoms with Crippen molar-refractivity contribution in [3.8, 4) is 5.75 Å². The standard InChI is InChI=1S/C54H81ClN4O4/c1-13-17-18-19-20-21-22-23-24-25-34-59(16-4)42-30-32-45(39(5)36-42)57-49(50(61)52(6,7)8)51(62)58-46-38-41(29-31-44(46)55)56-48(60)27-26-35-63-47-33-28-40(53(9,10)14-2)37-43(47)54(11,12)15-3/h28-33,36-38H,13-27,34-35H2,1-12H3,(H,56,60)(H,58,62). The Bertz CT molecular complexity index is 1980. The van der Waals surface area contributed by atoms with Gasteiger partial charge in [-0.3, -0.25) is 14.4 Å². The largest absolute Gasteiger partial charge is 0.493 e. The number of ether oxygens (including phenoxy) is 1. The number of aliphatic imine (C=N–C) groups is 1. The Hall–Kier alpha value is -4.17. The lowest BCUT2D eigenvalue weighted by molar-refractivity contribution is -0.121. The van der Waals surface area contributed by atoms with E-state index in [4.69, 9.17) is 21.3 Å². The first kappa shape index (κ1) is 53.2. The van der Waals surface area contributed by atoms with E-state index in [0.717, 1.165) is 49.4 Å². The minimum Gasteiger partial charge on any atom is -0.493 e. The average molecular weight is 886 g/mol. The maximum atomic E-state index is 13.9. The molecule has 0 saturated carbocycles. The van der Waals surface area contributed by atoms with Gasteiger partial charge in [0.15, 0.2) is 11.5 Å². The van der Waals surface area contributed by atoms with Crippen LogP contribution in [0.4, 0.5) is 22.7 Å². The highest BCUT2D eigenvalue weighted by molar-refractivity contribution is 6.68. The van der Waals surface area contributed by atoms with Crippen LogP contribution in [0.2, 0.25) is 5.02 Å². The van der Waals surface area contributed by atoms with Crippen molar-refractivity contribution in [2.45, 2.75) is 184 Å². The van der Waals surface area contributed by atoms with Gasteiger partial charge < -0.3 is 20.3 Å². The molecule has 0 saturated heterocycles. The van der Waals surface area contributed by atoms with Crippen molar-refractivity contribution >= 4 is 57.7 Å². The molecule has 2 N–H and O–H groups in total. The first-order chi connectivity index (χ1) is 29.8. The van der Waals surface area contributed by atoms with E-state index >= 15 is 0 Å². The summed E-state index contributed by atoms with van der Waals surface area (Å²) in [4.78, 5) is 47.9. The van der Waals surface area contributed by atoms with Crippen molar-refractivity contribution in [2.24, 2.45) is 10.4 Å². The maximum Gasteiger partial charge on any atom is 0.278 e. The molecule has 3 rings (SSSR count).